The number of aliphatic imine (C=N–C) groups is 1. The molecule has 0 aromatic rings. The van der Waals surface area contributed by atoms with E-state index in [1.54, 1.807) is 0 Å². The molecule has 6 N–H and O–H groups in total. The van der Waals surface area contributed by atoms with Crippen LogP contribution < -0.4 is 22.2 Å². The predicted octanol–water partition coefficient (Wildman–Crippen LogP) is 0.534. The summed E-state index contributed by atoms with van der Waals surface area (Å²) in [6.45, 7) is 10.5. The summed E-state index contributed by atoms with van der Waals surface area (Å²) in [6, 6.07) is 0.184. The van der Waals surface area contributed by atoms with E-state index >= 15 is 0 Å². The zero-order valence-corrected chi connectivity index (χ0v) is 15.5. The Bertz CT molecular complexity index is 466. The molecule has 0 aromatic carbocycles. The Morgan fingerprint density at radius 3 is 2.88 bits per heavy atom. The molecule has 0 aromatic heterocycles. The number of nitrogens with one attached hydrogen (secondary N) is 2. The van der Waals surface area contributed by atoms with Crippen molar-refractivity contribution in [2.24, 2.45) is 22.4 Å². The van der Waals surface area contributed by atoms with Crippen molar-refractivity contribution < 1.29 is 4.74 Å². The van der Waals surface area contributed by atoms with Crippen LogP contribution in [0.25, 0.3) is 0 Å². The number of nitrogens with two attached hydrogens (primary N) is 2. The first-order valence-electron chi connectivity index (χ1n) is 9.10. The van der Waals surface area contributed by atoms with Crippen LogP contribution in [0.4, 0.5) is 0 Å². The maximum atomic E-state index is 6.48. The van der Waals surface area contributed by atoms with Crippen LogP contribution in [0.15, 0.2) is 16.9 Å². The zero-order chi connectivity index (χ0) is 17.7. The minimum Gasteiger partial charge on any atom is -0.380 e. The highest BCUT2D eigenvalue weighted by atomic mass is 16.5. The standard InChI is InChI=1S/C17H34N6O/c1-5-13-15(18)16(23(22-13)7-8-24-6-2)17(19)21-14-10-11(3)9-12(4)20-14/h10-11,13,15-17,21-22H,5-9,18-19H2,1-4H3/t11?,13-,15?,16?,17?/m1/s1. The summed E-state index contributed by atoms with van der Waals surface area (Å²) in [4.78, 5) is 4.59. The Labute approximate surface area is 145 Å². The largest absolute Gasteiger partial charge is 0.380 e. The summed E-state index contributed by atoms with van der Waals surface area (Å²) in [6.07, 6.45) is 3.82. The maximum absolute atomic E-state index is 6.48. The first-order chi connectivity index (χ1) is 11.5. The van der Waals surface area contributed by atoms with E-state index in [0.29, 0.717) is 19.1 Å². The van der Waals surface area contributed by atoms with Crippen molar-refractivity contribution in [2.45, 2.75) is 64.8 Å². The number of hydrogen-bond donors (Lipinski definition) is 4. The van der Waals surface area contributed by atoms with Gasteiger partial charge in [-0.1, -0.05) is 13.8 Å². The topological polar surface area (TPSA) is 101 Å². The quantitative estimate of drug-likeness (QED) is 0.381. The first kappa shape index (κ1) is 19.3. The minimum atomic E-state index is -0.293. The smallest absolute Gasteiger partial charge is 0.123 e. The second kappa shape index (κ2) is 8.92. The molecule has 138 valence electrons. The lowest BCUT2D eigenvalue weighted by Crippen LogP contribution is -2.59. The Hall–Kier alpha value is -0.990. The molecule has 2 heterocycles. The lowest BCUT2D eigenvalue weighted by molar-refractivity contribution is 0.0750. The van der Waals surface area contributed by atoms with Gasteiger partial charge < -0.3 is 21.5 Å². The van der Waals surface area contributed by atoms with Crippen LogP contribution >= 0.6 is 0 Å². The van der Waals surface area contributed by atoms with Gasteiger partial charge in [-0.3, -0.25) is 0 Å². The van der Waals surface area contributed by atoms with Gasteiger partial charge in [0.25, 0.3) is 0 Å². The average molecular weight is 339 g/mol. The minimum absolute atomic E-state index is 0.0101. The third-order valence-electron chi connectivity index (χ3n) is 4.72. The van der Waals surface area contributed by atoms with E-state index in [0.717, 1.165) is 30.9 Å². The van der Waals surface area contributed by atoms with E-state index in [9.17, 15) is 0 Å². The highest BCUT2D eigenvalue weighted by Gasteiger charge is 2.41. The number of hydrogen-bond acceptors (Lipinski definition) is 7. The molecule has 0 saturated carbocycles. The van der Waals surface area contributed by atoms with Crippen LogP contribution in [-0.2, 0) is 4.74 Å². The van der Waals surface area contributed by atoms with Crippen molar-refractivity contribution in [1.82, 2.24) is 15.8 Å². The molecule has 0 aliphatic carbocycles. The van der Waals surface area contributed by atoms with Crippen molar-refractivity contribution in [3.63, 3.8) is 0 Å². The third-order valence-corrected chi connectivity index (χ3v) is 4.72. The average Bonchev–Trinajstić information content (AvgIpc) is 2.82. The molecule has 4 unspecified atom stereocenters. The molecule has 7 heteroatoms. The molecule has 0 amide bonds. The molecule has 1 saturated heterocycles. The molecule has 0 radical (unpaired) electrons. The van der Waals surface area contributed by atoms with Crippen LogP contribution in [0.5, 0.6) is 0 Å². The van der Waals surface area contributed by atoms with Gasteiger partial charge in [0.1, 0.15) is 5.82 Å². The SMILES string of the molecule is CCOCCN1N[C@H](CC)C(N)C1C(N)NC1=CC(C)CC(C)=N1. The van der Waals surface area contributed by atoms with E-state index in [1.165, 1.54) is 0 Å². The predicted molar refractivity (Wildman–Crippen MR) is 98.3 cm³/mol. The summed E-state index contributed by atoms with van der Waals surface area (Å²) in [5.74, 6) is 1.33. The summed E-state index contributed by atoms with van der Waals surface area (Å²) < 4.78 is 5.49. The molecule has 2 aliphatic heterocycles. The van der Waals surface area contributed by atoms with Gasteiger partial charge >= 0.3 is 0 Å². The van der Waals surface area contributed by atoms with Gasteiger partial charge in [0.05, 0.1) is 18.8 Å². The number of allylic oxidation sites excluding steroid dienone is 1. The van der Waals surface area contributed by atoms with Gasteiger partial charge in [0.2, 0.25) is 0 Å². The summed E-state index contributed by atoms with van der Waals surface area (Å²) in [7, 11) is 0. The van der Waals surface area contributed by atoms with Crippen molar-refractivity contribution in [3.8, 4) is 0 Å². The molecule has 5 atom stereocenters. The van der Waals surface area contributed by atoms with E-state index in [1.807, 2.05) is 6.92 Å². The molecular formula is C17H34N6O. The maximum Gasteiger partial charge on any atom is 0.123 e. The number of hydrazine groups is 1. The van der Waals surface area contributed by atoms with Crippen molar-refractivity contribution in [2.75, 3.05) is 19.8 Å². The Morgan fingerprint density at radius 2 is 2.25 bits per heavy atom. The highest BCUT2D eigenvalue weighted by molar-refractivity contribution is 5.84. The third kappa shape index (κ3) is 4.77. The number of nitrogens with zero attached hydrogens (tertiary/aromatic N) is 2. The fourth-order valence-electron chi connectivity index (χ4n) is 3.57. The first-order valence-corrected chi connectivity index (χ1v) is 9.10. The van der Waals surface area contributed by atoms with E-state index in [4.69, 9.17) is 16.2 Å². The van der Waals surface area contributed by atoms with Gasteiger partial charge in [-0.15, -0.1) is 0 Å². The lowest BCUT2D eigenvalue weighted by atomic mass is 9.99. The Balaban J connectivity index is 2.04. The molecule has 24 heavy (non-hydrogen) atoms. The second-order valence-corrected chi connectivity index (χ2v) is 6.85. The Morgan fingerprint density at radius 1 is 1.50 bits per heavy atom. The van der Waals surface area contributed by atoms with Crippen LogP contribution in [-0.4, -0.2) is 54.8 Å². The fraction of sp³-hybridized carbons (Fsp3) is 0.824. The molecule has 0 bridgehead atoms. The van der Waals surface area contributed by atoms with Crippen LogP contribution in [0.2, 0.25) is 0 Å². The second-order valence-electron chi connectivity index (χ2n) is 6.85. The Kier molecular flexibility index (Phi) is 7.18. The molecule has 2 rings (SSSR count). The summed E-state index contributed by atoms with van der Waals surface area (Å²) >= 11 is 0. The normalized spacial score (nSPS) is 32.4. The summed E-state index contributed by atoms with van der Waals surface area (Å²) in [5, 5.41) is 5.50. The van der Waals surface area contributed by atoms with Crippen LogP contribution in [0.3, 0.4) is 0 Å². The molecule has 2 aliphatic rings. The summed E-state index contributed by atoms with van der Waals surface area (Å²) in [5.41, 5.74) is 17.6. The molecular weight excluding hydrogens is 304 g/mol. The van der Waals surface area contributed by atoms with Gasteiger partial charge in [-0.25, -0.2) is 15.4 Å². The number of ether oxygens (including phenoxy) is 1. The van der Waals surface area contributed by atoms with Crippen molar-refractivity contribution in [3.05, 3.63) is 11.9 Å². The van der Waals surface area contributed by atoms with Gasteiger partial charge in [-0.05, 0) is 38.7 Å². The molecule has 1 fully saturated rings. The van der Waals surface area contributed by atoms with Gasteiger partial charge in [0.15, 0.2) is 0 Å². The number of rotatable bonds is 8. The van der Waals surface area contributed by atoms with Crippen LogP contribution in [0.1, 0.15) is 40.5 Å². The molecule has 0 spiro atoms. The monoisotopic (exact) mass is 338 g/mol. The highest BCUT2D eigenvalue weighted by Crippen LogP contribution is 2.20. The van der Waals surface area contributed by atoms with Crippen molar-refractivity contribution >= 4 is 5.71 Å². The fourth-order valence-corrected chi connectivity index (χ4v) is 3.57. The van der Waals surface area contributed by atoms with E-state index in [2.05, 4.69) is 47.6 Å². The van der Waals surface area contributed by atoms with Crippen LogP contribution in [0, 0.1) is 5.92 Å². The van der Waals surface area contributed by atoms with Gasteiger partial charge in [-0.2, -0.15) is 0 Å². The lowest BCUT2D eigenvalue weighted by Gasteiger charge is -2.32. The molecule has 7 nitrogen and oxygen atoms in total. The zero-order valence-electron chi connectivity index (χ0n) is 15.5. The van der Waals surface area contributed by atoms with Crippen molar-refractivity contribution in [1.29, 1.82) is 0 Å². The van der Waals surface area contributed by atoms with E-state index in [-0.39, 0.29) is 24.3 Å². The van der Waals surface area contributed by atoms with Gasteiger partial charge in [0, 0.05) is 30.9 Å². The van der Waals surface area contributed by atoms with E-state index < -0.39 is 0 Å².